The number of aromatic nitrogens is 2. The molecule has 0 unspecified atom stereocenters. The van der Waals surface area contributed by atoms with E-state index in [1.54, 1.807) is 10.9 Å². The minimum Gasteiger partial charge on any atom is -0.380 e. The molecule has 0 spiro atoms. The number of para-hydroxylation sites is 1. The van der Waals surface area contributed by atoms with Crippen molar-refractivity contribution >= 4 is 27.8 Å². The summed E-state index contributed by atoms with van der Waals surface area (Å²) in [6.07, 6.45) is 5.43. The highest BCUT2D eigenvalue weighted by Gasteiger charge is 1.99. The lowest BCUT2D eigenvalue weighted by Gasteiger charge is -2.06. The molecule has 0 radical (unpaired) electrons. The van der Waals surface area contributed by atoms with Gasteiger partial charge in [0, 0.05) is 34.7 Å². The van der Waals surface area contributed by atoms with Crippen LogP contribution in [-0.4, -0.2) is 9.78 Å². The molecule has 4 heteroatoms. The van der Waals surface area contributed by atoms with Gasteiger partial charge in [0.1, 0.15) is 0 Å². The second-order valence-corrected chi connectivity index (χ2v) is 4.20. The fraction of sp³-hybridized carbons (Fsp3) is 0.0833. The zero-order valence-electron chi connectivity index (χ0n) is 8.73. The van der Waals surface area contributed by atoms with E-state index >= 15 is 0 Å². The lowest BCUT2D eigenvalue weighted by atomic mass is 10.3. The number of nitrogens with zero attached hydrogens (tertiary/aromatic N) is 2. The Bertz CT molecular complexity index is 491. The van der Waals surface area contributed by atoms with Crippen LogP contribution in [0.25, 0.3) is 6.20 Å². The quantitative estimate of drug-likeness (QED) is 0.929. The van der Waals surface area contributed by atoms with Gasteiger partial charge in [0.25, 0.3) is 0 Å². The summed E-state index contributed by atoms with van der Waals surface area (Å²) in [6.45, 7) is 4.40. The summed E-state index contributed by atoms with van der Waals surface area (Å²) in [7, 11) is 0. The second kappa shape index (κ2) is 4.99. The topological polar surface area (TPSA) is 29.9 Å². The van der Waals surface area contributed by atoms with Crippen molar-refractivity contribution < 1.29 is 0 Å². The Morgan fingerprint density at radius 3 is 2.94 bits per heavy atom. The predicted molar refractivity (Wildman–Crippen MR) is 70.1 cm³/mol. The van der Waals surface area contributed by atoms with Crippen LogP contribution in [0, 0.1) is 0 Å². The van der Waals surface area contributed by atoms with Crippen LogP contribution in [-0.2, 0) is 6.54 Å². The van der Waals surface area contributed by atoms with Crippen molar-refractivity contribution in [3.8, 4) is 0 Å². The third kappa shape index (κ3) is 2.52. The first-order valence-electron chi connectivity index (χ1n) is 4.93. The van der Waals surface area contributed by atoms with Gasteiger partial charge in [0.2, 0.25) is 0 Å². The van der Waals surface area contributed by atoms with Crippen LogP contribution in [0.3, 0.4) is 0 Å². The molecule has 2 aromatic rings. The van der Waals surface area contributed by atoms with E-state index in [1.807, 2.05) is 36.7 Å². The number of hydrogen-bond donors (Lipinski definition) is 1. The first-order valence-corrected chi connectivity index (χ1v) is 5.73. The van der Waals surface area contributed by atoms with Gasteiger partial charge in [0.05, 0.1) is 6.20 Å². The highest BCUT2D eigenvalue weighted by molar-refractivity contribution is 9.10. The minimum absolute atomic E-state index is 0.746. The van der Waals surface area contributed by atoms with Crippen LogP contribution in [0.1, 0.15) is 5.56 Å². The lowest BCUT2D eigenvalue weighted by molar-refractivity contribution is 0.936. The highest BCUT2D eigenvalue weighted by atomic mass is 79.9. The Morgan fingerprint density at radius 2 is 2.25 bits per heavy atom. The van der Waals surface area contributed by atoms with Gasteiger partial charge in [-0.25, -0.2) is 4.68 Å². The number of anilines is 1. The first kappa shape index (κ1) is 11.0. The van der Waals surface area contributed by atoms with Crippen LogP contribution in [0.15, 0.2) is 47.7 Å². The van der Waals surface area contributed by atoms with Crippen LogP contribution < -0.4 is 5.32 Å². The largest absolute Gasteiger partial charge is 0.380 e. The maximum Gasteiger partial charge on any atom is 0.0543 e. The zero-order valence-corrected chi connectivity index (χ0v) is 10.3. The molecule has 0 amide bonds. The Labute approximate surface area is 103 Å². The molecule has 1 heterocycles. The van der Waals surface area contributed by atoms with Gasteiger partial charge < -0.3 is 5.32 Å². The number of nitrogens with one attached hydrogen (secondary N) is 1. The van der Waals surface area contributed by atoms with Crippen molar-refractivity contribution in [1.29, 1.82) is 0 Å². The maximum atomic E-state index is 4.12. The van der Waals surface area contributed by atoms with Crippen LogP contribution in [0.4, 0.5) is 5.69 Å². The van der Waals surface area contributed by atoms with E-state index in [4.69, 9.17) is 0 Å². The third-order valence-electron chi connectivity index (χ3n) is 2.20. The van der Waals surface area contributed by atoms with Gasteiger partial charge in [-0.05, 0) is 28.1 Å². The van der Waals surface area contributed by atoms with Gasteiger partial charge in [-0.1, -0.05) is 18.7 Å². The molecule has 2 rings (SSSR count). The normalized spacial score (nSPS) is 10.1. The van der Waals surface area contributed by atoms with E-state index in [9.17, 15) is 0 Å². The molecule has 0 fully saturated rings. The molecular weight excluding hydrogens is 266 g/mol. The minimum atomic E-state index is 0.746. The van der Waals surface area contributed by atoms with E-state index in [0.29, 0.717) is 0 Å². The molecule has 1 aromatic heterocycles. The molecule has 82 valence electrons. The summed E-state index contributed by atoms with van der Waals surface area (Å²) < 4.78 is 2.75. The first-order chi connectivity index (χ1) is 7.79. The average Bonchev–Trinajstić information content (AvgIpc) is 2.76. The molecule has 0 aliphatic heterocycles. The van der Waals surface area contributed by atoms with E-state index in [2.05, 4.69) is 32.9 Å². The number of hydrogen-bond acceptors (Lipinski definition) is 2. The summed E-state index contributed by atoms with van der Waals surface area (Å²) in [5, 5.41) is 7.45. The van der Waals surface area contributed by atoms with Crippen LogP contribution in [0.5, 0.6) is 0 Å². The summed E-state index contributed by atoms with van der Waals surface area (Å²) in [5.74, 6) is 0. The van der Waals surface area contributed by atoms with Crippen molar-refractivity contribution in [2.75, 3.05) is 5.32 Å². The maximum absolute atomic E-state index is 4.12. The fourth-order valence-electron chi connectivity index (χ4n) is 1.37. The van der Waals surface area contributed by atoms with Crippen LogP contribution >= 0.6 is 15.9 Å². The fourth-order valence-corrected chi connectivity index (χ4v) is 1.80. The second-order valence-electron chi connectivity index (χ2n) is 3.34. The van der Waals surface area contributed by atoms with E-state index in [1.165, 1.54) is 0 Å². The summed E-state index contributed by atoms with van der Waals surface area (Å²) in [5.41, 5.74) is 2.20. The SMILES string of the molecule is C=Cn1cc(CNc2ccccc2Br)cn1. The standard InChI is InChI=1S/C12H12BrN3/c1-2-16-9-10(8-15-16)7-14-12-6-4-3-5-11(12)13/h2-6,8-9,14H,1,7H2. The predicted octanol–water partition coefficient (Wildman–Crippen LogP) is 3.36. The van der Waals surface area contributed by atoms with Gasteiger partial charge in [-0.2, -0.15) is 5.10 Å². The van der Waals surface area contributed by atoms with Crippen molar-refractivity contribution in [3.63, 3.8) is 0 Å². The summed E-state index contributed by atoms with van der Waals surface area (Å²) in [4.78, 5) is 0. The molecule has 1 aromatic carbocycles. The molecule has 16 heavy (non-hydrogen) atoms. The third-order valence-corrected chi connectivity index (χ3v) is 2.89. The zero-order chi connectivity index (χ0) is 11.4. The van der Waals surface area contributed by atoms with Gasteiger partial charge in [-0.15, -0.1) is 0 Å². The summed E-state index contributed by atoms with van der Waals surface area (Å²) >= 11 is 3.49. The smallest absolute Gasteiger partial charge is 0.0543 e. The van der Waals surface area contributed by atoms with Crippen molar-refractivity contribution in [1.82, 2.24) is 9.78 Å². The van der Waals surface area contributed by atoms with Crippen molar-refractivity contribution in [2.45, 2.75) is 6.54 Å². The molecule has 1 N–H and O–H groups in total. The van der Waals surface area contributed by atoms with Gasteiger partial charge in [-0.3, -0.25) is 0 Å². The molecule has 0 aliphatic carbocycles. The highest BCUT2D eigenvalue weighted by Crippen LogP contribution is 2.21. The molecule has 0 atom stereocenters. The van der Waals surface area contributed by atoms with Gasteiger partial charge in [0.15, 0.2) is 0 Å². The molecule has 0 aliphatic rings. The van der Waals surface area contributed by atoms with E-state index in [-0.39, 0.29) is 0 Å². The lowest BCUT2D eigenvalue weighted by Crippen LogP contribution is -1.98. The van der Waals surface area contributed by atoms with Crippen molar-refractivity contribution in [3.05, 3.63) is 53.3 Å². The molecular formula is C12H12BrN3. The molecule has 0 bridgehead atoms. The number of rotatable bonds is 4. The average molecular weight is 278 g/mol. The molecule has 0 saturated carbocycles. The van der Waals surface area contributed by atoms with Gasteiger partial charge >= 0.3 is 0 Å². The Kier molecular flexibility index (Phi) is 3.41. The number of halogens is 1. The summed E-state index contributed by atoms with van der Waals surface area (Å²) in [6, 6.07) is 8.03. The Hall–Kier alpha value is -1.55. The molecule has 3 nitrogen and oxygen atoms in total. The Morgan fingerprint density at radius 1 is 1.44 bits per heavy atom. The number of benzene rings is 1. The molecule has 0 saturated heterocycles. The Balaban J connectivity index is 2.02. The monoisotopic (exact) mass is 277 g/mol. The van der Waals surface area contributed by atoms with Crippen LogP contribution in [0.2, 0.25) is 0 Å². The van der Waals surface area contributed by atoms with E-state index in [0.717, 1.165) is 22.3 Å². The van der Waals surface area contributed by atoms with Crippen molar-refractivity contribution in [2.24, 2.45) is 0 Å². The van der Waals surface area contributed by atoms with E-state index < -0.39 is 0 Å².